The van der Waals surface area contributed by atoms with Crippen LogP contribution in [0, 0.1) is 10.1 Å². The molecule has 0 fully saturated rings. The number of benzene rings is 1. The van der Waals surface area contributed by atoms with Crippen molar-refractivity contribution in [3.8, 4) is 0 Å². The van der Waals surface area contributed by atoms with Crippen molar-refractivity contribution in [2.75, 3.05) is 6.26 Å². The first-order valence-corrected chi connectivity index (χ1v) is 7.37. The molecule has 18 heavy (non-hydrogen) atoms. The van der Waals surface area contributed by atoms with Crippen LogP contribution in [0.4, 0.5) is 5.69 Å². The molecule has 1 heterocycles. The Bertz CT molecular complexity index is 597. The molecule has 98 valence electrons. The summed E-state index contributed by atoms with van der Waals surface area (Å²) < 4.78 is 24.6. The van der Waals surface area contributed by atoms with Crippen molar-refractivity contribution in [3.05, 3.63) is 39.4 Å². The van der Waals surface area contributed by atoms with Gasteiger partial charge in [0, 0.05) is 24.7 Å². The minimum atomic E-state index is -3.24. The first-order chi connectivity index (χ1) is 8.29. The Kier molecular flexibility index (Phi) is 3.12. The minimum absolute atomic E-state index is 0.0498. The van der Waals surface area contributed by atoms with Crippen LogP contribution in [0.15, 0.2) is 18.2 Å². The second-order valence-corrected chi connectivity index (χ2v) is 6.51. The Balaban J connectivity index is 2.40. The molecule has 0 radical (unpaired) electrons. The molecule has 0 amide bonds. The quantitative estimate of drug-likeness (QED) is 0.599. The third-order valence-corrected chi connectivity index (χ3v) is 4.50. The molecule has 0 aliphatic carbocycles. The number of rotatable bonds is 2. The fourth-order valence-corrected chi connectivity index (χ4v) is 3.36. The molecular formula is C11H14N2O4S. The van der Waals surface area contributed by atoms with Gasteiger partial charge in [-0.15, -0.1) is 0 Å². The van der Waals surface area contributed by atoms with Gasteiger partial charge >= 0.3 is 0 Å². The summed E-state index contributed by atoms with van der Waals surface area (Å²) in [6.45, 7) is 2.09. The topological polar surface area (TPSA) is 80.5 Å². The Hall–Kier alpha value is -1.47. The highest BCUT2D eigenvalue weighted by atomic mass is 32.2. The average Bonchev–Trinajstić information content (AvgIpc) is 2.25. The van der Waals surface area contributed by atoms with Gasteiger partial charge < -0.3 is 0 Å². The van der Waals surface area contributed by atoms with E-state index in [0.29, 0.717) is 6.42 Å². The molecular weight excluding hydrogens is 256 g/mol. The molecule has 0 bridgehead atoms. The fourth-order valence-electron chi connectivity index (χ4n) is 2.26. The van der Waals surface area contributed by atoms with E-state index in [2.05, 4.69) is 0 Å². The van der Waals surface area contributed by atoms with Crippen LogP contribution < -0.4 is 0 Å². The van der Waals surface area contributed by atoms with Gasteiger partial charge in [0.05, 0.1) is 11.2 Å². The van der Waals surface area contributed by atoms with Crippen LogP contribution in [0.1, 0.15) is 18.1 Å². The Morgan fingerprint density at radius 3 is 2.61 bits per heavy atom. The molecule has 1 atom stereocenters. The lowest BCUT2D eigenvalue weighted by Gasteiger charge is -2.32. The van der Waals surface area contributed by atoms with Crippen molar-refractivity contribution < 1.29 is 13.3 Å². The first kappa shape index (κ1) is 13.0. The maximum absolute atomic E-state index is 11.6. The predicted molar refractivity (Wildman–Crippen MR) is 66.6 cm³/mol. The van der Waals surface area contributed by atoms with E-state index in [1.54, 1.807) is 6.07 Å². The summed E-state index contributed by atoms with van der Waals surface area (Å²) in [6.07, 6.45) is 1.68. The van der Waals surface area contributed by atoms with Gasteiger partial charge in [-0.3, -0.25) is 10.1 Å². The summed E-state index contributed by atoms with van der Waals surface area (Å²) in [7, 11) is -3.24. The van der Waals surface area contributed by atoms with Crippen molar-refractivity contribution in [3.63, 3.8) is 0 Å². The minimum Gasteiger partial charge on any atom is -0.258 e. The van der Waals surface area contributed by atoms with Gasteiger partial charge in [0.1, 0.15) is 0 Å². The lowest BCUT2D eigenvalue weighted by molar-refractivity contribution is -0.384. The zero-order chi connectivity index (χ0) is 13.5. The maximum atomic E-state index is 11.6. The van der Waals surface area contributed by atoms with E-state index in [0.717, 1.165) is 11.1 Å². The Labute approximate surface area is 105 Å². The number of hydrogen-bond acceptors (Lipinski definition) is 4. The third-order valence-electron chi connectivity index (χ3n) is 3.16. The molecule has 1 aromatic carbocycles. The zero-order valence-corrected chi connectivity index (χ0v) is 11.0. The van der Waals surface area contributed by atoms with Crippen LogP contribution in [0.5, 0.6) is 0 Å². The van der Waals surface area contributed by atoms with Crippen molar-refractivity contribution in [2.45, 2.75) is 25.9 Å². The number of nitro benzene ring substituents is 1. The molecule has 1 aliphatic heterocycles. The van der Waals surface area contributed by atoms with E-state index in [-0.39, 0.29) is 18.3 Å². The van der Waals surface area contributed by atoms with Crippen LogP contribution in [0.2, 0.25) is 0 Å². The zero-order valence-electron chi connectivity index (χ0n) is 10.2. The Morgan fingerprint density at radius 1 is 1.39 bits per heavy atom. The molecule has 1 aromatic rings. The molecule has 1 aliphatic rings. The molecule has 1 unspecified atom stereocenters. The third kappa shape index (κ3) is 2.37. The van der Waals surface area contributed by atoms with Gasteiger partial charge in [0.15, 0.2) is 0 Å². The standard InChI is InChI=1S/C11H14N2O4S/c1-8-5-10-6-11(13(14)15)4-3-9(10)7-12(8)18(2,16)17/h3-4,6,8H,5,7H2,1-2H3. The summed E-state index contributed by atoms with van der Waals surface area (Å²) in [5.41, 5.74) is 1.74. The van der Waals surface area contributed by atoms with Crippen molar-refractivity contribution in [2.24, 2.45) is 0 Å². The number of nitro groups is 1. The summed E-state index contributed by atoms with van der Waals surface area (Å²) in [5, 5.41) is 10.7. The summed E-state index contributed by atoms with van der Waals surface area (Å²) in [5.74, 6) is 0. The first-order valence-electron chi connectivity index (χ1n) is 5.52. The lowest BCUT2D eigenvalue weighted by atomic mass is 9.96. The van der Waals surface area contributed by atoms with Gasteiger partial charge in [0.25, 0.3) is 5.69 Å². The van der Waals surface area contributed by atoms with Gasteiger partial charge in [-0.1, -0.05) is 6.07 Å². The molecule has 0 aromatic heterocycles. The van der Waals surface area contributed by atoms with Gasteiger partial charge in [-0.2, -0.15) is 4.31 Å². The van der Waals surface area contributed by atoms with E-state index in [9.17, 15) is 18.5 Å². The van der Waals surface area contributed by atoms with E-state index >= 15 is 0 Å². The van der Waals surface area contributed by atoms with Crippen LogP contribution in [-0.2, 0) is 23.0 Å². The molecule has 7 heteroatoms. The molecule has 2 rings (SSSR count). The van der Waals surface area contributed by atoms with Crippen molar-refractivity contribution in [1.82, 2.24) is 4.31 Å². The monoisotopic (exact) mass is 270 g/mol. The smallest absolute Gasteiger partial charge is 0.258 e. The highest BCUT2D eigenvalue weighted by Gasteiger charge is 2.29. The summed E-state index contributed by atoms with van der Waals surface area (Å²) in [4.78, 5) is 10.3. The molecule has 0 saturated carbocycles. The number of nitrogens with zero attached hydrogens (tertiary/aromatic N) is 2. The van der Waals surface area contributed by atoms with Crippen LogP contribution in [-0.4, -0.2) is 29.9 Å². The summed E-state index contributed by atoms with van der Waals surface area (Å²) >= 11 is 0. The highest BCUT2D eigenvalue weighted by molar-refractivity contribution is 7.88. The number of fused-ring (bicyclic) bond motifs is 1. The SMILES string of the molecule is CC1Cc2cc([N+](=O)[O-])ccc2CN1S(C)(=O)=O. The largest absolute Gasteiger partial charge is 0.269 e. The van der Waals surface area contributed by atoms with Crippen LogP contribution in [0.25, 0.3) is 0 Å². The fraction of sp³-hybridized carbons (Fsp3) is 0.455. The van der Waals surface area contributed by atoms with Crippen LogP contribution in [0.3, 0.4) is 0 Å². The van der Waals surface area contributed by atoms with Gasteiger partial charge in [0.2, 0.25) is 10.0 Å². The van der Waals surface area contributed by atoms with E-state index < -0.39 is 14.9 Å². The number of hydrogen-bond donors (Lipinski definition) is 0. The van der Waals surface area contributed by atoms with Crippen LogP contribution >= 0.6 is 0 Å². The Morgan fingerprint density at radius 2 is 2.06 bits per heavy atom. The average molecular weight is 270 g/mol. The second kappa shape index (κ2) is 4.33. The second-order valence-electron chi connectivity index (χ2n) is 4.57. The van der Waals surface area contributed by atoms with Gasteiger partial charge in [-0.25, -0.2) is 8.42 Å². The molecule has 6 nitrogen and oxygen atoms in total. The van der Waals surface area contributed by atoms with Gasteiger partial charge in [-0.05, 0) is 24.5 Å². The molecule has 0 spiro atoms. The highest BCUT2D eigenvalue weighted by Crippen LogP contribution is 2.28. The predicted octanol–water partition coefficient (Wildman–Crippen LogP) is 1.30. The normalized spacial score (nSPS) is 20.4. The van der Waals surface area contributed by atoms with E-state index in [1.807, 2.05) is 6.92 Å². The molecule has 0 saturated heterocycles. The number of non-ortho nitro benzene ring substituents is 1. The maximum Gasteiger partial charge on any atom is 0.269 e. The molecule has 0 N–H and O–H groups in total. The number of sulfonamides is 1. The van der Waals surface area contributed by atoms with E-state index in [1.165, 1.54) is 22.7 Å². The van der Waals surface area contributed by atoms with E-state index in [4.69, 9.17) is 0 Å². The lowest BCUT2D eigenvalue weighted by Crippen LogP contribution is -2.41. The van der Waals surface area contributed by atoms with Crippen molar-refractivity contribution >= 4 is 15.7 Å². The summed E-state index contributed by atoms with van der Waals surface area (Å²) in [6, 6.07) is 4.41. The van der Waals surface area contributed by atoms with Crippen molar-refractivity contribution in [1.29, 1.82) is 0 Å².